The third kappa shape index (κ3) is 8.15. The average Bonchev–Trinajstić information content (AvgIpc) is 2.47. The molecule has 2 amide bonds. The maximum Gasteiger partial charge on any atom is 0.304 e. The normalized spacial score (nSPS) is 10.2. The van der Waals surface area contributed by atoms with Gasteiger partial charge in [-0.05, 0) is 18.2 Å². The molecule has 0 atom stereocenters. The predicted molar refractivity (Wildman–Crippen MR) is 95.3 cm³/mol. The number of hydrogen-bond donors (Lipinski definition) is 3. The summed E-state index contributed by atoms with van der Waals surface area (Å²) in [5.74, 6) is -0.0908. The number of carbonyl (C=O) groups is 3. The highest BCUT2D eigenvalue weighted by Gasteiger charge is 2.09. The Morgan fingerprint density at radius 3 is 2.52 bits per heavy atom. The summed E-state index contributed by atoms with van der Waals surface area (Å²) in [6.07, 6.45) is 0.128. The van der Waals surface area contributed by atoms with E-state index in [2.05, 4.69) is 10.6 Å². The summed E-state index contributed by atoms with van der Waals surface area (Å²) in [6, 6.07) is 4.66. The highest BCUT2D eigenvalue weighted by molar-refractivity contribution is 8.76. The molecule has 0 unspecified atom stereocenters. The fraction of sp³-hybridized carbons (Fsp3) is 0.357. The van der Waals surface area contributed by atoms with Crippen molar-refractivity contribution in [2.24, 2.45) is 0 Å². The molecule has 126 valence electrons. The number of halogens is 1. The van der Waals surface area contributed by atoms with Crippen LogP contribution in [0.2, 0.25) is 5.02 Å². The molecule has 0 spiro atoms. The third-order valence-corrected chi connectivity index (χ3v) is 5.22. The van der Waals surface area contributed by atoms with Crippen LogP contribution in [0.3, 0.4) is 0 Å². The Bertz CT molecular complexity index is 584. The molecule has 0 aliphatic rings. The van der Waals surface area contributed by atoms with Crippen LogP contribution >= 0.6 is 33.2 Å². The summed E-state index contributed by atoms with van der Waals surface area (Å²) >= 11 is 6.01. The third-order valence-electron chi connectivity index (χ3n) is 2.50. The molecule has 6 nitrogen and oxygen atoms in total. The quantitative estimate of drug-likeness (QED) is 0.453. The molecule has 0 bridgehead atoms. The van der Waals surface area contributed by atoms with E-state index in [0.29, 0.717) is 34.3 Å². The van der Waals surface area contributed by atoms with Crippen molar-refractivity contribution in [3.05, 3.63) is 28.8 Å². The summed E-state index contributed by atoms with van der Waals surface area (Å²) < 4.78 is 0. The summed E-state index contributed by atoms with van der Waals surface area (Å²) in [5.41, 5.74) is 0.869. The fourth-order valence-electron chi connectivity index (χ4n) is 1.50. The lowest BCUT2D eigenvalue weighted by molar-refractivity contribution is -0.136. The minimum atomic E-state index is -0.814. The summed E-state index contributed by atoms with van der Waals surface area (Å²) in [4.78, 5) is 33.3. The maximum atomic E-state index is 12.0. The Morgan fingerprint density at radius 1 is 1.22 bits per heavy atom. The molecular formula is C14H17ClN2O4S2. The first kappa shape index (κ1) is 19.7. The van der Waals surface area contributed by atoms with Crippen LogP contribution in [0, 0.1) is 0 Å². The lowest BCUT2D eigenvalue weighted by Gasteiger charge is -2.08. The average molecular weight is 377 g/mol. The molecule has 1 aromatic rings. The summed E-state index contributed by atoms with van der Waals surface area (Å²) in [6.45, 7) is 1.84. The van der Waals surface area contributed by atoms with Crippen LogP contribution in [0.4, 0.5) is 5.69 Å². The molecule has 0 heterocycles. The molecule has 23 heavy (non-hydrogen) atoms. The SMILES string of the molecule is CC(=O)Nc1ccc(C(=O)NCCSSCCC(=O)O)cc1Cl. The van der Waals surface area contributed by atoms with E-state index in [1.54, 1.807) is 12.1 Å². The zero-order valence-electron chi connectivity index (χ0n) is 12.4. The lowest BCUT2D eigenvalue weighted by atomic mass is 10.2. The monoisotopic (exact) mass is 376 g/mol. The van der Waals surface area contributed by atoms with Gasteiger partial charge in [-0.1, -0.05) is 33.2 Å². The number of rotatable bonds is 9. The van der Waals surface area contributed by atoms with Crippen molar-refractivity contribution in [3.8, 4) is 0 Å². The van der Waals surface area contributed by atoms with Gasteiger partial charge in [0.05, 0.1) is 17.1 Å². The second-order valence-corrected chi connectivity index (χ2v) is 7.53. The first-order valence-corrected chi connectivity index (χ1v) is 9.58. The van der Waals surface area contributed by atoms with Gasteiger partial charge in [-0.15, -0.1) is 0 Å². The van der Waals surface area contributed by atoms with Gasteiger partial charge in [-0.3, -0.25) is 14.4 Å². The van der Waals surface area contributed by atoms with Crippen molar-refractivity contribution in [3.63, 3.8) is 0 Å². The molecule has 0 saturated heterocycles. The first-order valence-electron chi connectivity index (χ1n) is 6.71. The van der Waals surface area contributed by atoms with Gasteiger partial charge in [0.2, 0.25) is 5.91 Å². The van der Waals surface area contributed by atoms with Crippen LogP contribution in [0.5, 0.6) is 0 Å². The van der Waals surface area contributed by atoms with E-state index in [9.17, 15) is 14.4 Å². The van der Waals surface area contributed by atoms with Crippen LogP contribution < -0.4 is 10.6 Å². The Balaban J connectivity index is 2.33. The molecule has 0 aliphatic carbocycles. The molecular weight excluding hydrogens is 360 g/mol. The Hall–Kier alpha value is -1.38. The van der Waals surface area contributed by atoms with Crippen molar-refractivity contribution >= 4 is 56.7 Å². The smallest absolute Gasteiger partial charge is 0.304 e. The summed E-state index contributed by atoms with van der Waals surface area (Å²) in [5, 5.41) is 14.1. The van der Waals surface area contributed by atoms with Gasteiger partial charge < -0.3 is 15.7 Å². The van der Waals surface area contributed by atoms with Gasteiger partial charge in [0.15, 0.2) is 0 Å². The van der Waals surface area contributed by atoms with E-state index < -0.39 is 5.97 Å². The standard InChI is InChI=1S/C14H17ClN2O4S2/c1-9(18)17-12-3-2-10(8-11(12)15)14(21)16-5-7-23-22-6-4-13(19)20/h2-3,8H,4-7H2,1H3,(H,16,21)(H,17,18)(H,19,20). The van der Waals surface area contributed by atoms with Gasteiger partial charge in [-0.25, -0.2) is 0 Å². The van der Waals surface area contributed by atoms with Gasteiger partial charge >= 0.3 is 5.97 Å². The number of carbonyl (C=O) groups excluding carboxylic acids is 2. The maximum absolute atomic E-state index is 12.0. The largest absolute Gasteiger partial charge is 0.481 e. The number of aliphatic carboxylic acids is 1. The molecule has 0 saturated carbocycles. The molecule has 0 fully saturated rings. The second kappa shape index (κ2) is 10.4. The van der Waals surface area contributed by atoms with E-state index in [1.807, 2.05) is 0 Å². The topological polar surface area (TPSA) is 95.5 Å². The Morgan fingerprint density at radius 2 is 1.91 bits per heavy atom. The lowest BCUT2D eigenvalue weighted by Crippen LogP contribution is -2.25. The van der Waals surface area contributed by atoms with Crippen LogP contribution in [0.1, 0.15) is 23.7 Å². The van der Waals surface area contributed by atoms with E-state index >= 15 is 0 Å². The van der Waals surface area contributed by atoms with Crippen LogP contribution in [-0.4, -0.2) is 40.9 Å². The number of carboxylic acid groups (broad SMARTS) is 1. The Labute approximate surface area is 147 Å². The van der Waals surface area contributed by atoms with E-state index in [0.717, 1.165) is 0 Å². The molecule has 1 aromatic carbocycles. The number of benzene rings is 1. The van der Waals surface area contributed by atoms with Gasteiger partial charge in [0.1, 0.15) is 0 Å². The van der Waals surface area contributed by atoms with Crippen molar-refractivity contribution in [2.75, 3.05) is 23.4 Å². The molecule has 0 radical (unpaired) electrons. The van der Waals surface area contributed by atoms with Crippen LogP contribution in [-0.2, 0) is 9.59 Å². The number of anilines is 1. The predicted octanol–water partition coefficient (Wildman–Crippen LogP) is 2.88. The molecule has 0 aromatic heterocycles. The number of hydrogen-bond acceptors (Lipinski definition) is 5. The number of amides is 2. The zero-order valence-corrected chi connectivity index (χ0v) is 14.8. The second-order valence-electron chi connectivity index (χ2n) is 4.42. The Kier molecular flexibility index (Phi) is 8.90. The van der Waals surface area contributed by atoms with Crippen LogP contribution in [0.15, 0.2) is 18.2 Å². The van der Waals surface area contributed by atoms with Crippen molar-refractivity contribution in [2.45, 2.75) is 13.3 Å². The van der Waals surface area contributed by atoms with Gasteiger partial charge in [0, 0.05) is 30.5 Å². The van der Waals surface area contributed by atoms with E-state index in [4.69, 9.17) is 16.7 Å². The molecule has 3 N–H and O–H groups in total. The minimum absolute atomic E-state index is 0.128. The van der Waals surface area contributed by atoms with Gasteiger partial charge in [-0.2, -0.15) is 0 Å². The van der Waals surface area contributed by atoms with Crippen molar-refractivity contribution in [1.82, 2.24) is 5.32 Å². The van der Waals surface area contributed by atoms with Crippen LogP contribution in [0.25, 0.3) is 0 Å². The highest BCUT2D eigenvalue weighted by Crippen LogP contribution is 2.23. The minimum Gasteiger partial charge on any atom is -0.481 e. The molecule has 9 heteroatoms. The number of carboxylic acids is 1. The fourth-order valence-corrected chi connectivity index (χ4v) is 3.62. The highest BCUT2D eigenvalue weighted by atomic mass is 35.5. The van der Waals surface area contributed by atoms with Crippen molar-refractivity contribution < 1.29 is 19.5 Å². The van der Waals surface area contributed by atoms with E-state index in [1.165, 1.54) is 34.6 Å². The van der Waals surface area contributed by atoms with Gasteiger partial charge in [0.25, 0.3) is 5.91 Å². The summed E-state index contributed by atoms with van der Waals surface area (Å²) in [7, 11) is 2.97. The van der Waals surface area contributed by atoms with E-state index in [-0.39, 0.29) is 18.2 Å². The zero-order chi connectivity index (χ0) is 17.2. The molecule has 1 rings (SSSR count). The number of nitrogens with one attached hydrogen (secondary N) is 2. The van der Waals surface area contributed by atoms with Crippen molar-refractivity contribution in [1.29, 1.82) is 0 Å². The first-order chi connectivity index (χ1) is 10.9. The molecule has 0 aliphatic heterocycles.